The van der Waals surface area contributed by atoms with Crippen molar-refractivity contribution in [2.75, 3.05) is 63.9 Å². The van der Waals surface area contributed by atoms with Gasteiger partial charge in [0.25, 0.3) is 0 Å². The van der Waals surface area contributed by atoms with E-state index in [0.717, 1.165) is 90.0 Å². The average molecular weight is 613 g/mol. The number of hydrogen-bond donors (Lipinski definition) is 6. The Morgan fingerprint density at radius 2 is 0.690 bits per heavy atom. The summed E-state index contributed by atoms with van der Waals surface area (Å²) < 4.78 is 0. The van der Waals surface area contributed by atoms with Crippen molar-refractivity contribution in [3.63, 3.8) is 0 Å². The Bertz CT molecular complexity index is 986. The highest BCUT2D eigenvalue weighted by Gasteiger charge is 2.21. The summed E-state index contributed by atoms with van der Waals surface area (Å²) in [6.45, 7) is 25.4. The fourth-order valence-electron chi connectivity index (χ4n) is 5.41. The Morgan fingerprint density at radius 3 is 0.952 bits per heavy atom. The molecule has 0 aliphatic carbocycles. The van der Waals surface area contributed by atoms with Crippen LogP contribution in [0.5, 0.6) is 0 Å². The molecule has 0 atom stereocenters. The van der Waals surface area contributed by atoms with Crippen molar-refractivity contribution in [1.82, 2.24) is 31.9 Å². The molecule has 0 amide bonds. The van der Waals surface area contributed by atoms with Crippen molar-refractivity contribution >= 4 is 23.5 Å². The molecule has 2 aliphatic heterocycles. The number of rotatable bonds is 0. The Morgan fingerprint density at radius 1 is 0.429 bits per heavy atom. The van der Waals surface area contributed by atoms with Gasteiger partial charge in [0.2, 0.25) is 0 Å². The van der Waals surface area contributed by atoms with Crippen molar-refractivity contribution < 1.29 is 0 Å². The molecule has 0 fully saturated rings. The SMILES string of the molecule is CC(C)(C)c1cc2c3c(c1)CNCCNCCNCc1cc(C(C)(C)C)cc(c1SCCS3)CNCCNCCNC2. The van der Waals surface area contributed by atoms with Crippen molar-refractivity contribution in [1.29, 1.82) is 0 Å². The molecule has 2 heterocycles. The van der Waals surface area contributed by atoms with E-state index in [9.17, 15) is 0 Å². The van der Waals surface area contributed by atoms with E-state index in [-0.39, 0.29) is 10.8 Å². The first kappa shape index (κ1) is 33.8. The number of benzene rings is 2. The molecule has 0 saturated carbocycles. The molecule has 234 valence electrons. The lowest BCUT2D eigenvalue weighted by atomic mass is 9.85. The van der Waals surface area contributed by atoms with Crippen LogP contribution in [0, 0.1) is 0 Å². The normalized spacial score (nSPS) is 19.5. The van der Waals surface area contributed by atoms with Crippen LogP contribution in [-0.4, -0.2) is 63.9 Å². The molecule has 6 N–H and O–H groups in total. The first-order valence-electron chi connectivity index (χ1n) is 16.0. The number of nitrogens with one attached hydrogen (secondary N) is 6. The summed E-state index contributed by atoms with van der Waals surface area (Å²) in [5, 5.41) is 22.2. The minimum absolute atomic E-state index is 0.113. The first-order valence-corrected chi connectivity index (χ1v) is 17.9. The zero-order valence-electron chi connectivity index (χ0n) is 27.0. The fourth-order valence-corrected chi connectivity index (χ4v) is 7.75. The van der Waals surface area contributed by atoms with Gasteiger partial charge in [-0.3, -0.25) is 0 Å². The molecule has 2 aromatic rings. The monoisotopic (exact) mass is 612 g/mol. The molecule has 8 heteroatoms. The second kappa shape index (κ2) is 16.3. The lowest BCUT2D eigenvalue weighted by Crippen LogP contribution is -2.33. The van der Waals surface area contributed by atoms with Crippen LogP contribution in [0.3, 0.4) is 0 Å². The van der Waals surface area contributed by atoms with Crippen LogP contribution in [0.4, 0.5) is 0 Å². The van der Waals surface area contributed by atoms with Gasteiger partial charge in [-0.2, -0.15) is 0 Å². The lowest BCUT2D eigenvalue weighted by Gasteiger charge is -2.25. The number of fused-ring (bicyclic) bond motifs is 3. The van der Waals surface area contributed by atoms with Crippen molar-refractivity contribution in [3.05, 3.63) is 57.6 Å². The highest BCUT2D eigenvalue weighted by molar-refractivity contribution is 8.03. The minimum atomic E-state index is 0.113. The molecule has 2 aromatic carbocycles. The molecule has 42 heavy (non-hydrogen) atoms. The van der Waals surface area contributed by atoms with Crippen molar-refractivity contribution in [2.45, 2.75) is 88.3 Å². The largest absolute Gasteiger partial charge is 0.314 e. The topological polar surface area (TPSA) is 72.2 Å². The summed E-state index contributed by atoms with van der Waals surface area (Å²) >= 11 is 4.09. The maximum atomic E-state index is 3.74. The van der Waals surface area contributed by atoms with Crippen LogP contribution in [0.2, 0.25) is 0 Å². The predicted molar refractivity (Wildman–Crippen MR) is 184 cm³/mol. The molecule has 6 nitrogen and oxygen atoms in total. The third-order valence-electron chi connectivity index (χ3n) is 7.97. The van der Waals surface area contributed by atoms with Crippen LogP contribution in [0.15, 0.2) is 34.1 Å². The number of hydrogen-bond acceptors (Lipinski definition) is 8. The fraction of sp³-hybridized carbons (Fsp3) is 0.647. The van der Waals surface area contributed by atoms with Crippen LogP contribution < -0.4 is 31.9 Å². The highest BCUT2D eigenvalue weighted by Crippen LogP contribution is 2.36. The zero-order valence-corrected chi connectivity index (χ0v) is 28.7. The summed E-state index contributed by atoms with van der Waals surface area (Å²) in [4.78, 5) is 2.93. The molecular weight excluding hydrogens is 557 g/mol. The lowest BCUT2D eigenvalue weighted by molar-refractivity contribution is 0.560. The van der Waals surface area contributed by atoms with Gasteiger partial charge in [-0.1, -0.05) is 65.8 Å². The minimum Gasteiger partial charge on any atom is -0.314 e. The average Bonchev–Trinajstić information content (AvgIpc) is 2.93. The van der Waals surface area contributed by atoms with Gasteiger partial charge in [0.1, 0.15) is 0 Å². The van der Waals surface area contributed by atoms with Gasteiger partial charge < -0.3 is 31.9 Å². The van der Waals surface area contributed by atoms with Gasteiger partial charge in [-0.25, -0.2) is 0 Å². The third-order valence-corrected chi connectivity index (χ3v) is 10.7. The van der Waals surface area contributed by atoms with Crippen molar-refractivity contribution in [3.8, 4) is 0 Å². The maximum absolute atomic E-state index is 3.74. The predicted octanol–water partition coefficient (Wildman–Crippen LogP) is 4.73. The summed E-state index contributed by atoms with van der Waals surface area (Å²) in [7, 11) is 0. The second-order valence-corrected chi connectivity index (χ2v) is 15.9. The molecule has 0 aromatic heterocycles. The smallest absolute Gasteiger partial charge is 0.0217 e. The molecule has 0 spiro atoms. The van der Waals surface area contributed by atoms with Gasteiger partial charge in [-0.05, 0) is 44.2 Å². The second-order valence-electron chi connectivity index (χ2n) is 13.7. The van der Waals surface area contributed by atoms with Crippen LogP contribution >= 0.6 is 23.5 Å². The Labute approximate surface area is 264 Å². The molecule has 0 saturated heterocycles. The van der Waals surface area contributed by atoms with Crippen LogP contribution in [0.25, 0.3) is 0 Å². The van der Waals surface area contributed by atoms with Crippen LogP contribution in [-0.2, 0) is 37.0 Å². The molecule has 0 unspecified atom stereocenters. The summed E-state index contributed by atoms with van der Waals surface area (Å²) in [5.41, 5.74) is 8.84. The van der Waals surface area contributed by atoms with E-state index in [2.05, 4.69) is 97.7 Å². The van der Waals surface area contributed by atoms with E-state index < -0.39 is 0 Å². The van der Waals surface area contributed by atoms with Gasteiger partial charge >= 0.3 is 0 Å². The molecular formula is C34H56N6S2. The summed E-state index contributed by atoms with van der Waals surface area (Å²) in [6, 6.07) is 9.87. The molecule has 2 bridgehead atoms. The standard InChI is InChI=1S/C34H56N6S2/c1-33(2,3)29-17-25-21-37-11-7-35-9-13-39-23-27-19-30(34(4,5)6)20-28-24-40-14-10-36-8-12-38-22-26(18-29)31(25)41-15-16-42-32(27)28/h17-20,35-40H,7-16,21-24H2,1-6H3. The maximum Gasteiger partial charge on any atom is 0.0217 e. The van der Waals surface area contributed by atoms with Gasteiger partial charge in [0.15, 0.2) is 0 Å². The summed E-state index contributed by atoms with van der Waals surface area (Å²) in [5.74, 6) is 2.17. The number of thioether (sulfide) groups is 2. The third kappa shape index (κ3) is 10.2. The van der Waals surface area contributed by atoms with E-state index in [1.807, 2.05) is 23.5 Å². The first-order chi connectivity index (χ1) is 20.1. The Balaban J connectivity index is 1.72. The Hall–Kier alpha value is -1.10. The molecule has 4 rings (SSSR count). The van der Waals surface area contributed by atoms with E-state index in [1.165, 1.54) is 43.2 Å². The van der Waals surface area contributed by atoms with E-state index in [1.54, 1.807) is 0 Å². The van der Waals surface area contributed by atoms with Gasteiger partial charge in [-0.15, -0.1) is 23.5 Å². The van der Waals surface area contributed by atoms with E-state index in [0.29, 0.717) is 0 Å². The van der Waals surface area contributed by atoms with Gasteiger partial charge in [0.05, 0.1) is 0 Å². The highest BCUT2D eigenvalue weighted by atomic mass is 32.2. The summed E-state index contributed by atoms with van der Waals surface area (Å²) in [6.07, 6.45) is 0. The van der Waals surface area contributed by atoms with Crippen LogP contribution in [0.1, 0.15) is 74.9 Å². The van der Waals surface area contributed by atoms with Gasteiger partial charge in [0, 0.05) is 99.8 Å². The Kier molecular flexibility index (Phi) is 13.1. The molecule has 0 radical (unpaired) electrons. The quantitative estimate of drug-likeness (QED) is 0.255. The van der Waals surface area contributed by atoms with E-state index >= 15 is 0 Å². The molecule has 2 aliphatic rings. The zero-order chi connectivity index (χ0) is 30.0. The van der Waals surface area contributed by atoms with E-state index in [4.69, 9.17) is 0 Å². The van der Waals surface area contributed by atoms with Crippen molar-refractivity contribution in [2.24, 2.45) is 0 Å².